The minimum Gasteiger partial charge on any atom is -0.422 e. The summed E-state index contributed by atoms with van der Waals surface area (Å²) in [6, 6.07) is 11.9. The molecule has 3 nitrogen and oxygen atoms in total. The second-order valence-corrected chi connectivity index (χ2v) is 5.69. The second-order valence-electron chi connectivity index (χ2n) is 5.69. The van der Waals surface area contributed by atoms with E-state index in [9.17, 15) is 9.90 Å². The summed E-state index contributed by atoms with van der Waals surface area (Å²) in [7, 11) is 0. The third-order valence-corrected chi connectivity index (χ3v) is 3.96. The van der Waals surface area contributed by atoms with Crippen molar-refractivity contribution in [1.29, 1.82) is 0 Å². The van der Waals surface area contributed by atoms with E-state index in [1.54, 1.807) is 13.8 Å². The van der Waals surface area contributed by atoms with Gasteiger partial charge in [-0.1, -0.05) is 43.0 Å². The molecule has 1 aliphatic carbocycles. The van der Waals surface area contributed by atoms with Gasteiger partial charge < -0.3 is 9.84 Å². The number of hydrogen-bond acceptors (Lipinski definition) is 3. The van der Waals surface area contributed by atoms with Crippen molar-refractivity contribution in [3.63, 3.8) is 0 Å². The summed E-state index contributed by atoms with van der Waals surface area (Å²) in [5.74, 6) is 0.00274. The smallest absolute Gasteiger partial charge is 0.338 e. The predicted octanol–water partition coefficient (Wildman–Crippen LogP) is 3.79. The van der Waals surface area contributed by atoms with Gasteiger partial charge in [0.25, 0.3) is 0 Å². The van der Waals surface area contributed by atoms with Crippen LogP contribution in [0.1, 0.15) is 36.6 Å². The van der Waals surface area contributed by atoms with Gasteiger partial charge in [0.2, 0.25) is 0 Å². The zero-order valence-corrected chi connectivity index (χ0v) is 12.7. The van der Waals surface area contributed by atoms with Crippen molar-refractivity contribution >= 4 is 5.97 Å². The maximum Gasteiger partial charge on any atom is 0.338 e. The molecule has 0 radical (unpaired) electrons. The first-order valence-electron chi connectivity index (χ1n) is 7.29. The summed E-state index contributed by atoms with van der Waals surface area (Å²) >= 11 is 0. The fourth-order valence-corrected chi connectivity index (χ4v) is 2.83. The van der Waals surface area contributed by atoms with Crippen LogP contribution in [0.4, 0.5) is 0 Å². The van der Waals surface area contributed by atoms with E-state index < -0.39 is 12.1 Å². The van der Waals surface area contributed by atoms with Crippen molar-refractivity contribution < 1.29 is 14.6 Å². The Morgan fingerprint density at radius 3 is 2.64 bits per heavy atom. The van der Waals surface area contributed by atoms with Crippen molar-refractivity contribution in [2.24, 2.45) is 0 Å². The van der Waals surface area contributed by atoms with Crippen molar-refractivity contribution in [3.05, 3.63) is 65.2 Å². The molecule has 3 rings (SSSR count). The van der Waals surface area contributed by atoms with Gasteiger partial charge in [0.1, 0.15) is 5.75 Å². The highest BCUT2D eigenvalue weighted by Crippen LogP contribution is 2.44. The molecule has 3 heteroatoms. The Bertz CT molecular complexity index is 772. The van der Waals surface area contributed by atoms with Crippen LogP contribution in [-0.2, 0) is 11.2 Å². The molecule has 112 valence electrons. The van der Waals surface area contributed by atoms with E-state index in [0.29, 0.717) is 23.3 Å². The zero-order chi connectivity index (χ0) is 15.9. The Kier molecular flexibility index (Phi) is 3.59. The third kappa shape index (κ3) is 2.34. The summed E-state index contributed by atoms with van der Waals surface area (Å²) in [6.07, 6.45) is -0.00727. The molecule has 0 aromatic heterocycles. The lowest BCUT2D eigenvalue weighted by Gasteiger charge is -2.16. The van der Waals surface area contributed by atoms with Crippen LogP contribution in [0.2, 0.25) is 0 Å². The second kappa shape index (κ2) is 5.43. The van der Waals surface area contributed by atoms with Crippen LogP contribution in [0.3, 0.4) is 0 Å². The van der Waals surface area contributed by atoms with Crippen molar-refractivity contribution in [1.82, 2.24) is 0 Å². The molecule has 0 aliphatic heterocycles. The van der Waals surface area contributed by atoms with Crippen LogP contribution < -0.4 is 4.74 Å². The van der Waals surface area contributed by atoms with Gasteiger partial charge in [0.15, 0.2) is 0 Å². The minimum absolute atomic E-state index is 0.338. The van der Waals surface area contributed by atoms with Gasteiger partial charge in [-0.25, -0.2) is 4.79 Å². The summed E-state index contributed by atoms with van der Waals surface area (Å²) in [4.78, 5) is 12.0. The van der Waals surface area contributed by atoms with Crippen LogP contribution in [-0.4, -0.2) is 11.1 Å². The molecule has 1 N–H and O–H groups in total. The Balaban J connectivity index is 2.15. The van der Waals surface area contributed by atoms with Gasteiger partial charge in [0, 0.05) is 23.1 Å². The molecule has 0 bridgehead atoms. The predicted molar refractivity (Wildman–Crippen MR) is 85.8 cm³/mol. The lowest BCUT2D eigenvalue weighted by molar-refractivity contribution is -0.130. The van der Waals surface area contributed by atoms with E-state index in [-0.39, 0.29) is 0 Å². The molecule has 0 heterocycles. The van der Waals surface area contributed by atoms with E-state index in [1.165, 1.54) is 5.56 Å². The molecule has 1 atom stereocenters. The number of fused-ring (bicyclic) bond motifs is 3. The molecule has 2 aromatic rings. The standard InChI is InChI=1S/C19H18O3/c1-11(2)19(21)22-18-14(12(3)20)8-9-16-15-7-5-4-6-13(15)10-17(16)18/h4-9,12,20H,1,10H2,2-3H3. The number of carbonyl (C=O) groups is 1. The van der Waals surface area contributed by atoms with Crippen LogP contribution in [0.25, 0.3) is 11.1 Å². The van der Waals surface area contributed by atoms with Gasteiger partial charge in [-0.2, -0.15) is 0 Å². The van der Waals surface area contributed by atoms with Gasteiger partial charge in [0.05, 0.1) is 6.10 Å². The summed E-state index contributed by atoms with van der Waals surface area (Å²) in [5, 5.41) is 9.99. The number of rotatable bonds is 3. The molecule has 1 unspecified atom stereocenters. The first-order chi connectivity index (χ1) is 10.5. The average Bonchev–Trinajstić information content (AvgIpc) is 2.86. The molecule has 22 heavy (non-hydrogen) atoms. The van der Waals surface area contributed by atoms with Gasteiger partial charge in [-0.15, -0.1) is 0 Å². The number of aliphatic hydroxyl groups excluding tert-OH is 1. The van der Waals surface area contributed by atoms with Gasteiger partial charge in [-0.05, 0) is 30.5 Å². The lowest BCUT2D eigenvalue weighted by Crippen LogP contribution is -2.12. The molecular formula is C19H18O3. The lowest BCUT2D eigenvalue weighted by atomic mass is 9.99. The Hall–Kier alpha value is -2.39. The number of carbonyl (C=O) groups excluding carboxylic acids is 1. The maximum atomic E-state index is 12.0. The van der Waals surface area contributed by atoms with E-state index in [2.05, 4.69) is 18.7 Å². The number of aliphatic hydroxyl groups is 1. The number of hydrogen-bond donors (Lipinski definition) is 1. The van der Waals surface area contributed by atoms with Crippen LogP contribution in [0.5, 0.6) is 5.75 Å². The summed E-state index contributed by atoms with van der Waals surface area (Å²) in [5.41, 5.74) is 5.33. The third-order valence-electron chi connectivity index (χ3n) is 3.96. The highest BCUT2D eigenvalue weighted by Gasteiger charge is 2.26. The van der Waals surface area contributed by atoms with Gasteiger partial charge >= 0.3 is 5.97 Å². The first kappa shape index (κ1) is 14.5. The molecular weight excluding hydrogens is 276 g/mol. The van der Waals surface area contributed by atoms with Gasteiger partial charge in [-0.3, -0.25) is 0 Å². The molecule has 1 aliphatic rings. The number of benzene rings is 2. The summed E-state index contributed by atoms with van der Waals surface area (Å²) in [6.45, 7) is 6.90. The largest absolute Gasteiger partial charge is 0.422 e. The number of ether oxygens (including phenoxy) is 1. The molecule has 2 aromatic carbocycles. The topological polar surface area (TPSA) is 46.5 Å². The average molecular weight is 294 g/mol. The van der Waals surface area contributed by atoms with Crippen molar-refractivity contribution in [2.75, 3.05) is 0 Å². The fourth-order valence-electron chi connectivity index (χ4n) is 2.83. The van der Waals surface area contributed by atoms with E-state index in [1.807, 2.05) is 24.3 Å². The highest BCUT2D eigenvalue weighted by molar-refractivity contribution is 5.90. The van der Waals surface area contributed by atoms with E-state index in [0.717, 1.165) is 16.7 Å². The molecule has 0 saturated heterocycles. The first-order valence-corrected chi connectivity index (χ1v) is 7.29. The number of esters is 1. The fraction of sp³-hybridized carbons (Fsp3) is 0.211. The summed E-state index contributed by atoms with van der Waals surface area (Å²) < 4.78 is 5.54. The van der Waals surface area contributed by atoms with E-state index >= 15 is 0 Å². The SMILES string of the molecule is C=C(C)C(=O)Oc1c(C(C)O)ccc2c1Cc1ccccc1-2. The highest BCUT2D eigenvalue weighted by atomic mass is 16.5. The molecule has 0 fully saturated rings. The molecule has 0 spiro atoms. The zero-order valence-electron chi connectivity index (χ0n) is 12.7. The van der Waals surface area contributed by atoms with Crippen molar-refractivity contribution in [2.45, 2.75) is 26.4 Å². The Morgan fingerprint density at radius 1 is 1.23 bits per heavy atom. The Morgan fingerprint density at radius 2 is 1.95 bits per heavy atom. The van der Waals surface area contributed by atoms with Crippen LogP contribution >= 0.6 is 0 Å². The van der Waals surface area contributed by atoms with Crippen LogP contribution in [0.15, 0.2) is 48.6 Å². The monoisotopic (exact) mass is 294 g/mol. The van der Waals surface area contributed by atoms with E-state index in [4.69, 9.17) is 4.74 Å². The van der Waals surface area contributed by atoms with Crippen LogP contribution in [0, 0.1) is 0 Å². The maximum absolute atomic E-state index is 12.0. The Labute approximate surface area is 129 Å². The minimum atomic E-state index is -0.707. The quantitative estimate of drug-likeness (QED) is 0.454. The molecule has 0 saturated carbocycles. The molecule has 0 amide bonds. The normalized spacial score (nSPS) is 13.2. The van der Waals surface area contributed by atoms with Crippen molar-refractivity contribution in [3.8, 4) is 16.9 Å².